The van der Waals surface area contributed by atoms with E-state index in [0.29, 0.717) is 24.3 Å². The maximum absolute atomic E-state index is 11.1. The Morgan fingerprint density at radius 2 is 2.00 bits per heavy atom. The van der Waals surface area contributed by atoms with E-state index in [2.05, 4.69) is 15.3 Å². The van der Waals surface area contributed by atoms with Crippen LogP contribution in [-0.2, 0) is 4.79 Å². The molecule has 1 aliphatic carbocycles. The normalized spacial score (nSPS) is 21.5. The first-order chi connectivity index (χ1) is 9.63. The molecule has 0 spiro atoms. The van der Waals surface area contributed by atoms with Gasteiger partial charge in [0.05, 0.1) is 26.2 Å². The van der Waals surface area contributed by atoms with Crippen molar-refractivity contribution in [3.8, 4) is 11.8 Å². The Kier molecular flexibility index (Phi) is 4.60. The van der Waals surface area contributed by atoms with Crippen molar-refractivity contribution >= 4 is 11.9 Å². The van der Waals surface area contributed by atoms with Gasteiger partial charge in [-0.3, -0.25) is 4.79 Å². The van der Waals surface area contributed by atoms with E-state index < -0.39 is 5.97 Å². The molecule has 1 aromatic rings. The number of methoxy groups -OCH3 is 2. The number of rotatable bonds is 6. The Balaban J connectivity index is 2.01. The highest BCUT2D eigenvalue weighted by Gasteiger charge is 2.32. The van der Waals surface area contributed by atoms with Crippen molar-refractivity contribution in [3.63, 3.8) is 0 Å². The highest BCUT2D eigenvalue weighted by molar-refractivity contribution is 5.70. The summed E-state index contributed by atoms with van der Waals surface area (Å²) in [5.74, 6) is 0.292. The second kappa shape index (κ2) is 6.40. The second-order valence-electron chi connectivity index (χ2n) is 4.79. The van der Waals surface area contributed by atoms with Crippen LogP contribution in [0.25, 0.3) is 0 Å². The van der Waals surface area contributed by atoms with Crippen molar-refractivity contribution in [1.29, 1.82) is 0 Å². The third kappa shape index (κ3) is 3.28. The maximum Gasteiger partial charge on any atom is 0.306 e. The number of carboxylic acids is 1. The van der Waals surface area contributed by atoms with E-state index in [4.69, 9.17) is 14.6 Å². The molecule has 2 unspecified atom stereocenters. The number of carbonyl (C=O) groups is 1. The number of aromatic nitrogens is 2. The van der Waals surface area contributed by atoms with E-state index in [9.17, 15) is 4.79 Å². The van der Waals surface area contributed by atoms with Gasteiger partial charge >= 0.3 is 5.97 Å². The summed E-state index contributed by atoms with van der Waals surface area (Å²) < 4.78 is 10.1. The van der Waals surface area contributed by atoms with E-state index in [1.54, 1.807) is 6.07 Å². The van der Waals surface area contributed by atoms with Gasteiger partial charge in [0.15, 0.2) is 0 Å². The summed E-state index contributed by atoms with van der Waals surface area (Å²) in [5, 5.41) is 12.2. The molecule has 7 nitrogen and oxygen atoms in total. The minimum atomic E-state index is -0.724. The molecule has 2 rings (SSSR count). The van der Waals surface area contributed by atoms with Gasteiger partial charge in [-0.2, -0.15) is 9.97 Å². The van der Waals surface area contributed by atoms with Gasteiger partial charge in [-0.25, -0.2) is 0 Å². The highest BCUT2D eigenvalue weighted by Crippen LogP contribution is 2.32. The molecule has 1 aliphatic rings. The molecule has 0 aliphatic heterocycles. The Hall–Kier alpha value is -2.05. The average Bonchev–Trinajstić information content (AvgIpc) is 2.93. The van der Waals surface area contributed by atoms with Gasteiger partial charge in [0.2, 0.25) is 17.7 Å². The lowest BCUT2D eigenvalue weighted by Crippen LogP contribution is -2.25. The first-order valence-electron chi connectivity index (χ1n) is 6.57. The van der Waals surface area contributed by atoms with Gasteiger partial charge in [-0.1, -0.05) is 6.42 Å². The van der Waals surface area contributed by atoms with E-state index in [-0.39, 0.29) is 11.8 Å². The zero-order valence-corrected chi connectivity index (χ0v) is 11.6. The maximum atomic E-state index is 11.1. The number of hydrogen-bond donors (Lipinski definition) is 2. The molecule has 110 valence electrons. The summed E-state index contributed by atoms with van der Waals surface area (Å²) in [6, 6.07) is 1.58. The quantitative estimate of drug-likeness (QED) is 0.814. The Labute approximate surface area is 117 Å². The molecule has 1 heterocycles. The largest absolute Gasteiger partial charge is 0.481 e. The topological polar surface area (TPSA) is 93.6 Å². The van der Waals surface area contributed by atoms with Crippen LogP contribution in [0, 0.1) is 11.8 Å². The van der Waals surface area contributed by atoms with Crippen LogP contribution in [0.2, 0.25) is 0 Å². The monoisotopic (exact) mass is 281 g/mol. The fourth-order valence-electron chi connectivity index (χ4n) is 2.52. The molecule has 1 aromatic heterocycles. The Morgan fingerprint density at radius 1 is 1.35 bits per heavy atom. The van der Waals surface area contributed by atoms with Crippen molar-refractivity contribution in [1.82, 2.24) is 9.97 Å². The summed E-state index contributed by atoms with van der Waals surface area (Å²) in [6.45, 7) is 0.535. The van der Waals surface area contributed by atoms with E-state index in [1.165, 1.54) is 14.2 Å². The minimum Gasteiger partial charge on any atom is -0.481 e. The van der Waals surface area contributed by atoms with Gasteiger partial charge < -0.3 is 19.9 Å². The van der Waals surface area contributed by atoms with Crippen LogP contribution >= 0.6 is 0 Å². The molecule has 0 saturated heterocycles. The number of ether oxygens (including phenoxy) is 2. The van der Waals surface area contributed by atoms with Gasteiger partial charge in [-0.05, 0) is 18.8 Å². The molecule has 7 heteroatoms. The number of hydrogen-bond acceptors (Lipinski definition) is 6. The molecule has 20 heavy (non-hydrogen) atoms. The highest BCUT2D eigenvalue weighted by atomic mass is 16.5. The van der Waals surface area contributed by atoms with E-state index in [0.717, 1.165) is 19.3 Å². The van der Waals surface area contributed by atoms with Gasteiger partial charge in [0.25, 0.3) is 0 Å². The Morgan fingerprint density at radius 3 is 2.55 bits per heavy atom. The molecule has 0 amide bonds. The number of carboxylic acid groups (broad SMARTS) is 1. The summed E-state index contributed by atoms with van der Waals surface area (Å²) in [6.07, 6.45) is 2.60. The fourth-order valence-corrected chi connectivity index (χ4v) is 2.52. The van der Waals surface area contributed by atoms with Gasteiger partial charge in [-0.15, -0.1) is 0 Å². The van der Waals surface area contributed by atoms with Crippen LogP contribution in [0.1, 0.15) is 19.3 Å². The molecular formula is C13H19N3O4. The van der Waals surface area contributed by atoms with Gasteiger partial charge in [0, 0.05) is 6.54 Å². The standard InChI is InChI=1S/C13H19N3O4/c1-19-10-6-11(20-2)16-13(15-10)14-7-8-4-3-5-9(8)12(17)18/h6,8-9H,3-5,7H2,1-2H3,(H,17,18)(H,14,15,16). The van der Waals surface area contributed by atoms with Crippen LogP contribution in [0.15, 0.2) is 6.07 Å². The Bertz CT molecular complexity index is 458. The zero-order chi connectivity index (χ0) is 14.5. The molecule has 1 saturated carbocycles. The van der Waals surface area contributed by atoms with Crippen molar-refractivity contribution in [2.24, 2.45) is 11.8 Å². The third-order valence-corrected chi connectivity index (χ3v) is 3.60. The van der Waals surface area contributed by atoms with Gasteiger partial charge in [0.1, 0.15) is 0 Å². The summed E-state index contributed by atoms with van der Waals surface area (Å²) >= 11 is 0. The second-order valence-corrected chi connectivity index (χ2v) is 4.79. The zero-order valence-electron chi connectivity index (χ0n) is 11.6. The lowest BCUT2D eigenvalue weighted by Gasteiger charge is -2.16. The van der Waals surface area contributed by atoms with Crippen LogP contribution in [0.5, 0.6) is 11.8 Å². The minimum absolute atomic E-state index is 0.105. The van der Waals surface area contributed by atoms with Crippen molar-refractivity contribution in [2.75, 3.05) is 26.1 Å². The van der Waals surface area contributed by atoms with Crippen LogP contribution in [0.3, 0.4) is 0 Å². The van der Waals surface area contributed by atoms with E-state index in [1.807, 2.05) is 0 Å². The molecule has 0 aromatic carbocycles. The first-order valence-corrected chi connectivity index (χ1v) is 6.57. The smallest absolute Gasteiger partial charge is 0.306 e. The lowest BCUT2D eigenvalue weighted by atomic mass is 9.96. The average molecular weight is 281 g/mol. The first kappa shape index (κ1) is 14.4. The molecular weight excluding hydrogens is 262 g/mol. The van der Waals surface area contributed by atoms with Crippen LogP contribution in [0.4, 0.5) is 5.95 Å². The SMILES string of the molecule is COc1cc(OC)nc(NCC2CCCC2C(=O)O)n1. The molecule has 0 radical (unpaired) electrons. The van der Waals surface area contributed by atoms with Crippen molar-refractivity contribution < 1.29 is 19.4 Å². The molecule has 1 fully saturated rings. The van der Waals surface area contributed by atoms with Crippen LogP contribution in [-0.4, -0.2) is 41.8 Å². The summed E-state index contributed by atoms with van der Waals surface area (Å²) in [4.78, 5) is 19.4. The molecule has 0 bridgehead atoms. The molecule has 2 atom stereocenters. The number of aliphatic carboxylic acids is 1. The fraction of sp³-hybridized carbons (Fsp3) is 0.615. The predicted molar refractivity (Wildman–Crippen MR) is 72.1 cm³/mol. The summed E-state index contributed by atoms with van der Waals surface area (Å²) in [7, 11) is 3.03. The molecule has 2 N–H and O–H groups in total. The lowest BCUT2D eigenvalue weighted by molar-refractivity contribution is -0.142. The number of nitrogens with one attached hydrogen (secondary N) is 1. The predicted octanol–water partition coefficient (Wildman–Crippen LogP) is 1.41. The van der Waals surface area contributed by atoms with Crippen molar-refractivity contribution in [2.45, 2.75) is 19.3 Å². The third-order valence-electron chi connectivity index (χ3n) is 3.60. The van der Waals surface area contributed by atoms with Crippen molar-refractivity contribution in [3.05, 3.63) is 6.07 Å². The summed E-state index contributed by atoms with van der Waals surface area (Å²) in [5.41, 5.74) is 0. The van der Waals surface area contributed by atoms with Crippen LogP contribution < -0.4 is 14.8 Å². The number of anilines is 1. The van der Waals surface area contributed by atoms with E-state index >= 15 is 0 Å². The number of nitrogens with zero attached hydrogens (tertiary/aromatic N) is 2.